The second-order valence-electron chi connectivity index (χ2n) is 6.51. The van der Waals surface area contributed by atoms with Gasteiger partial charge >= 0.3 is 0 Å². The van der Waals surface area contributed by atoms with E-state index in [0.29, 0.717) is 5.56 Å². The van der Waals surface area contributed by atoms with Gasteiger partial charge in [0.05, 0.1) is 42.9 Å². The molecule has 0 atom stereocenters. The van der Waals surface area contributed by atoms with Gasteiger partial charge in [0.1, 0.15) is 6.54 Å². The van der Waals surface area contributed by atoms with Gasteiger partial charge in [-0.3, -0.25) is 10.1 Å². The van der Waals surface area contributed by atoms with E-state index >= 15 is 0 Å². The van der Waals surface area contributed by atoms with Crippen molar-refractivity contribution in [2.45, 2.75) is 6.54 Å². The first-order chi connectivity index (χ1) is 13.1. The Morgan fingerprint density at radius 3 is 2.67 bits per heavy atom. The zero-order valence-electron chi connectivity index (χ0n) is 14.8. The molecule has 0 radical (unpaired) electrons. The third kappa shape index (κ3) is 4.85. The highest BCUT2D eigenvalue weighted by Crippen LogP contribution is 2.23. The lowest BCUT2D eigenvalue weighted by Crippen LogP contribution is -3.13. The molecule has 1 N–H and O–H groups in total. The van der Waals surface area contributed by atoms with Crippen molar-refractivity contribution in [3.8, 4) is 6.07 Å². The Kier molecular flexibility index (Phi) is 6.07. The number of nitro benzene ring substituents is 1. The van der Waals surface area contributed by atoms with Crippen molar-refractivity contribution in [2.75, 3.05) is 26.2 Å². The van der Waals surface area contributed by atoms with Crippen molar-refractivity contribution in [2.24, 2.45) is 0 Å². The van der Waals surface area contributed by atoms with Gasteiger partial charge in [-0.2, -0.15) is 5.26 Å². The van der Waals surface area contributed by atoms with E-state index in [1.807, 2.05) is 18.2 Å². The summed E-state index contributed by atoms with van der Waals surface area (Å²) in [5.74, 6) is 0. The number of nitro groups is 1. The van der Waals surface area contributed by atoms with Gasteiger partial charge in [0, 0.05) is 34.4 Å². The molecule has 2 aromatic carbocycles. The topological polar surface area (TPSA) is 74.6 Å². The molecule has 1 heterocycles. The summed E-state index contributed by atoms with van der Waals surface area (Å²) in [6, 6.07) is 16.4. The molecular formula is C20H20ClN4O2+. The summed E-state index contributed by atoms with van der Waals surface area (Å²) in [5.41, 5.74) is 2.67. The minimum atomic E-state index is -0.416. The van der Waals surface area contributed by atoms with Gasteiger partial charge in [-0.15, -0.1) is 0 Å². The summed E-state index contributed by atoms with van der Waals surface area (Å²) in [6.45, 7) is 4.31. The quantitative estimate of drug-likeness (QED) is 0.489. The number of hydrogen-bond donors (Lipinski definition) is 1. The molecule has 0 amide bonds. The maximum absolute atomic E-state index is 11.0. The molecule has 1 aliphatic rings. The molecule has 1 aliphatic heterocycles. The normalized spacial score (nSPS) is 15.4. The molecule has 138 valence electrons. The predicted octanol–water partition coefficient (Wildman–Crippen LogP) is 2.51. The highest BCUT2D eigenvalue weighted by Gasteiger charge is 2.23. The lowest BCUT2D eigenvalue weighted by atomic mass is 10.1. The Balaban J connectivity index is 1.69. The Morgan fingerprint density at radius 2 is 2.00 bits per heavy atom. The van der Waals surface area contributed by atoms with Gasteiger partial charge in [0.2, 0.25) is 0 Å². The molecule has 0 spiro atoms. The van der Waals surface area contributed by atoms with E-state index in [1.54, 1.807) is 12.1 Å². The molecule has 0 aliphatic carbocycles. The average molecular weight is 384 g/mol. The van der Waals surface area contributed by atoms with Crippen LogP contribution in [0.15, 0.2) is 54.6 Å². The standard InChI is InChI=1S/C20H19ClN4O2/c21-18-5-1-3-16(13-18)15-23-9-11-24(12-10-23)20(7-8-22)17-4-2-6-19(14-17)25(26)27/h1-7,13-14H,9-12,15H2/p+1/b20-7+. The second-order valence-corrected chi connectivity index (χ2v) is 6.95. The van der Waals surface area contributed by atoms with Crippen molar-refractivity contribution in [3.63, 3.8) is 0 Å². The van der Waals surface area contributed by atoms with Crippen LogP contribution in [-0.2, 0) is 6.54 Å². The first-order valence-electron chi connectivity index (χ1n) is 8.74. The molecule has 0 saturated carbocycles. The van der Waals surface area contributed by atoms with E-state index in [4.69, 9.17) is 11.6 Å². The van der Waals surface area contributed by atoms with Crippen LogP contribution in [0.1, 0.15) is 11.1 Å². The monoisotopic (exact) mass is 383 g/mol. The largest absolute Gasteiger partial charge is 0.359 e. The molecular weight excluding hydrogens is 364 g/mol. The summed E-state index contributed by atoms with van der Waals surface area (Å²) in [6.07, 6.45) is 1.47. The van der Waals surface area contributed by atoms with Crippen LogP contribution in [0.4, 0.5) is 5.69 Å². The van der Waals surface area contributed by atoms with Crippen LogP contribution >= 0.6 is 11.6 Å². The van der Waals surface area contributed by atoms with Crippen molar-refractivity contribution in [1.82, 2.24) is 4.90 Å². The van der Waals surface area contributed by atoms with Crippen LogP contribution in [-0.4, -0.2) is 36.0 Å². The molecule has 1 fully saturated rings. The number of benzene rings is 2. The molecule has 7 heteroatoms. The van der Waals surface area contributed by atoms with Gasteiger partial charge < -0.3 is 9.80 Å². The van der Waals surface area contributed by atoms with Gasteiger partial charge in [-0.25, -0.2) is 0 Å². The number of rotatable bonds is 5. The van der Waals surface area contributed by atoms with Crippen LogP contribution in [0.2, 0.25) is 5.02 Å². The fraction of sp³-hybridized carbons (Fsp3) is 0.250. The Labute approximate surface area is 163 Å². The minimum Gasteiger partial charge on any atom is -0.359 e. The molecule has 0 aromatic heterocycles. The third-order valence-electron chi connectivity index (χ3n) is 4.71. The summed E-state index contributed by atoms with van der Waals surface area (Å²) in [5, 5.41) is 21.0. The van der Waals surface area contributed by atoms with E-state index in [9.17, 15) is 15.4 Å². The van der Waals surface area contributed by atoms with Gasteiger partial charge in [-0.05, 0) is 12.1 Å². The van der Waals surface area contributed by atoms with Gasteiger partial charge in [0.15, 0.2) is 0 Å². The number of nitrogens with one attached hydrogen (secondary N) is 1. The molecule has 2 aromatic rings. The maximum atomic E-state index is 11.0. The van der Waals surface area contributed by atoms with Crippen LogP contribution < -0.4 is 4.90 Å². The lowest BCUT2D eigenvalue weighted by Gasteiger charge is -2.35. The van der Waals surface area contributed by atoms with Crippen LogP contribution in [0, 0.1) is 21.4 Å². The van der Waals surface area contributed by atoms with Crippen molar-refractivity contribution in [1.29, 1.82) is 5.26 Å². The smallest absolute Gasteiger partial charge is 0.270 e. The van der Waals surface area contributed by atoms with Gasteiger partial charge in [0.25, 0.3) is 5.69 Å². The zero-order chi connectivity index (χ0) is 19.2. The molecule has 27 heavy (non-hydrogen) atoms. The molecule has 1 saturated heterocycles. The second kappa shape index (κ2) is 8.67. The fourth-order valence-electron chi connectivity index (χ4n) is 3.37. The number of non-ortho nitro benzene ring substituents is 1. The van der Waals surface area contributed by atoms with Crippen molar-refractivity contribution >= 4 is 23.0 Å². The number of nitriles is 1. The van der Waals surface area contributed by atoms with E-state index in [-0.39, 0.29) is 5.69 Å². The zero-order valence-corrected chi connectivity index (χ0v) is 15.5. The van der Waals surface area contributed by atoms with E-state index < -0.39 is 4.92 Å². The van der Waals surface area contributed by atoms with E-state index in [1.165, 1.54) is 28.7 Å². The number of nitrogens with zero attached hydrogens (tertiary/aromatic N) is 3. The summed E-state index contributed by atoms with van der Waals surface area (Å²) in [4.78, 5) is 14.2. The van der Waals surface area contributed by atoms with Gasteiger partial charge in [-0.1, -0.05) is 35.9 Å². The molecule has 3 rings (SSSR count). The molecule has 0 unspecified atom stereocenters. The SMILES string of the molecule is N#C/C=C(\c1cccc([N+](=O)[O-])c1)N1CC[NH+](Cc2cccc(Cl)c2)CC1. The van der Waals surface area contributed by atoms with Crippen LogP contribution in [0.5, 0.6) is 0 Å². The van der Waals surface area contributed by atoms with Crippen LogP contribution in [0.25, 0.3) is 5.70 Å². The Hall–Kier alpha value is -2.88. The molecule has 0 bridgehead atoms. The maximum Gasteiger partial charge on any atom is 0.270 e. The summed E-state index contributed by atoms with van der Waals surface area (Å²) < 4.78 is 0. The lowest BCUT2D eigenvalue weighted by molar-refractivity contribution is -0.917. The number of hydrogen-bond acceptors (Lipinski definition) is 4. The molecule has 6 nitrogen and oxygen atoms in total. The number of allylic oxidation sites excluding steroid dienone is 1. The highest BCUT2D eigenvalue weighted by molar-refractivity contribution is 6.30. The fourth-order valence-corrected chi connectivity index (χ4v) is 3.59. The predicted molar refractivity (Wildman–Crippen MR) is 104 cm³/mol. The van der Waals surface area contributed by atoms with E-state index in [0.717, 1.165) is 43.4 Å². The summed E-state index contributed by atoms with van der Waals surface area (Å²) >= 11 is 6.06. The Morgan fingerprint density at radius 1 is 1.26 bits per heavy atom. The number of quaternary nitrogens is 1. The number of piperazine rings is 1. The third-order valence-corrected chi connectivity index (χ3v) is 4.94. The van der Waals surface area contributed by atoms with Crippen molar-refractivity contribution < 1.29 is 9.82 Å². The van der Waals surface area contributed by atoms with Crippen LogP contribution in [0.3, 0.4) is 0 Å². The van der Waals surface area contributed by atoms with Crippen molar-refractivity contribution in [3.05, 3.63) is 80.9 Å². The van der Waals surface area contributed by atoms with E-state index in [2.05, 4.69) is 17.0 Å². The first kappa shape index (κ1) is 18.9. The minimum absolute atomic E-state index is 0.0292. The first-order valence-corrected chi connectivity index (χ1v) is 9.12. The number of halogens is 1. The summed E-state index contributed by atoms with van der Waals surface area (Å²) in [7, 11) is 0. The Bertz CT molecular complexity index is 899. The highest BCUT2D eigenvalue weighted by atomic mass is 35.5. The average Bonchev–Trinajstić information content (AvgIpc) is 2.67.